The summed E-state index contributed by atoms with van der Waals surface area (Å²) in [5.74, 6) is 1.10. The highest BCUT2D eigenvalue weighted by Crippen LogP contribution is 2.17. The van der Waals surface area contributed by atoms with Crippen molar-refractivity contribution in [3.05, 3.63) is 24.3 Å². The largest absolute Gasteiger partial charge is 0.493 e. The molecule has 5 heteroatoms. The first-order valence-corrected chi connectivity index (χ1v) is 7.26. The molecule has 0 unspecified atom stereocenters. The highest BCUT2D eigenvalue weighted by Gasteiger charge is 2.12. The zero-order valence-electron chi connectivity index (χ0n) is 10.2. The Morgan fingerprint density at radius 3 is 2.29 bits per heavy atom. The summed E-state index contributed by atoms with van der Waals surface area (Å²) in [6.45, 7) is 4.86. The molecule has 0 spiro atoms. The predicted octanol–water partition coefficient (Wildman–Crippen LogP) is 1.45. The summed E-state index contributed by atoms with van der Waals surface area (Å²) < 4.78 is 28.9. The van der Waals surface area contributed by atoms with Gasteiger partial charge in [-0.25, -0.2) is 8.42 Å². The molecule has 0 amide bonds. The highest BCUT2D eigenvalue weighted by atomic mass is 32.2. The van der Waals surface area contributed by atoms with Crippen LogP contribution in [0.4, 0.5) is 0 Å². The van der Waals surface area contributed by atoms with Crippen molar-refractivity contribution in [3.8, 4) is 5.75 Å². The van der Waals surface area contributed by atoms with Gasteiger partial charge in [-0.3, -0.25) is 0 Å². The van der Waals surface area contributed by atoms with Crippen LogP contribution in [0, 0.1) is 5.92 Å². The molecule has 0 aliphatic heterocycles. The number of ether oxygens (including phenoxy) is 1. The third kappa shape index (κ3) is 4.36. The van der Waals surface area contributed by atoms with Crippen LogP contribution in [0.5, 0.6) is 5.75 Å². The van der Waals surface area contributed by atoms with Crippen LogP contribution in [0.25, 0.3) is 0 Å². The molecule has 1 rings (SSSR count). The maximum atomic E-state index is 11.7. The van der Waals surface area contributed by atoms with Crippen LogP contribution in [-0.4, -0.2) is 27.3 Å². The molecule has 0 saturated heterocycles. The second kappa shape index (κ2) is 6.02. The molecule has 0 saturated carbocycles. The van der Waals surface area contributed by atoms with E-state index in [9.17, 15) is 8.42 Å². The third-order valence-corrected chi connectivity index (χ3v) is 3.92. The summed E-state index contributed by atoms with van der Waals surface area (Å²) in [5, 5.41) is 0. The number of sulfone groups is 1. The summed E-state index contributed by atoms with van der Waals surface area (Å²) in [5.41, 5.74) is 5.26. The van der Waals surface area contributed by atoms with E-state index in [-0.39, 0.29) is 12.3 Å². The molecule has 4 nitrogen and oxygen atoms in total. The van der Waals surface area contributed by atoms with Gasteiger partial charge in [0, 0.05) is 6.54 Å². The lowest BCUT2D eigenvalue weighted by Gasteiger charge is -2.09. The molecule has 1 aromatic carbocycles. The minimum Gasteiger partial charge on any atom is -0.493 e. The molecule has 1 aromatic rings. The maximum Gasteiger partial charge on any atom is 0.179 e. The summed E-state index contributed by atoms with van der Waals surface area (Å²) in [6.07, 6.45) is 0. The van der Waals surface area contributed by atoms with Gasteiger partial charge in [-0.15, -0.1) is 0 Å². The first kappa shape index (κ1) is 14.0. The van der Waals surface area contributed by atoms with E-state index in [0.717, 1.165) is 0 Å². The molecule has 2 N–H and O–H groups in total. The lowest BCUT2D eigenvalue weighted by molar-refractivity contribution is 0.271. The Balaban J connectivity index is 2.74. The Kier molecular flexibility index (Phi) is 4.96. The minimum atomic E-state index is -3.24. The number of rotatable bonds is 6. The standard InChI is InChI=1S/C12H19NO3S/c1-10(2)9-16-11-3-5-12(6-4-11)17(14,15)8-7-13/h3-6,10H,7-9,13H2,1-2H3. The number of hydrogen-bond donors (Lipinski definition) is 1. The van der Waals surface area contributed by atoms with Crippen LogP contribution < -0.4 is 10.5 Å². The Labute approximate surface area is 103 Å². The quantitative estimate of drug-likeness (QED) is 0.837. The summed E-state index contributed by atoms with van der Waals surface area (Å²) in [4.78, 5) is 0.292. The average molecular weight is 257 g/mol. The predicted molar refractivity (Wildman–Crippen MR) is 67.9 cm³/mol. The zero-order chi connectivity index (χ0) is 12.9. The van der Waals surface area contributed by atoms with E-state index in [1.807, 2.05) is 0 Å². The van der Waals surface area contributed by atoms with E-state index in [1.54, 1.807) is 24.3 Å². The van der Waals surface area contributed by atoms with Gasteiger partial charge >= 0.3 is 0 Å². The Bertz CT molecular complexity index is 437. The normalized spacial score (nSPS) is 11.8. The Hall–Kier alpha value is -1.07. The lowest BCUT2D eigenvalue weighted by atomic mass is 10.2. The van der Waals surface area contributed by atoms with Crippen molar-refractivity contribution >= 4 is 9.84 Å². The van der Waals surface area contributed by atoms with E-state index >= 15 is 0 Å². The number of benzene rings is 1. The second-order valence-electron chi connectivity index (χ2n) is 4.28. The maximum absolute atomic E-state index is 11.7. The van der Waals surface area contributed by atoms with Crippen LogP contribution >= 0.6 is 0 Å². The fourth-order valence-electron chi connectivity index (χ4n) is 1.28. The molecule has 0 atom stereocenters. The molecule has 17 heavy (non-hydrogen) atoms. The van der Waals surface area contributed by atoms with Gasteiger partial charge in [0.25, 0.3) is 0 Å². The lowest BCUT2D eigenvalue weighted by Crippen LogP contribution is -2.15. The summed E-state index contributed by atoms with van der Waals surface area (Å²) in [6, 6.07) is 6.46. The van der Waals surface area contributed by atoms with Gasteiger partial charge in [-0.2, -0.15) is 0 Å². The molecular weight excluding hydrogens is 238 g/mol. The van der Waals surface area contributed by atoms with Crippen LogP contribution in [0.1, 0.15) is 13.8 Å². The van der Waals surface area contributed by atoms with Crippen LogP contribution in [0.3, 0.4) is 0 Å². The van der Waals surface area contributed by atoms with Crippen molar-refractivity contribution in [1.82, 2.24) is 0 Å². The molecule has 0 heterocycles. The van der Waals surface area contributed by atoms with Gasteiger partial charge < -0.3 is 10.5 Å². The van der Waals surface area contributed by atoms with Crippen molar-refractivity contribution in [2.75, 3.05) is 18.9 Å². The molecule has 96 valence electrons. The van der Waals surface area contributed by atoms with Crippen LogP contribution in [-0.2, 0) is 9.84 Å². The summed E-state index contributed by atoms with van der Waals surface area (Å²) in [7, 11) is -3.24. The molecular formula is C12H19NO3S. The van der Waals surface area contributed by atoms with Crippen molar-refractivity contribution in [3.63, 3.8) is 0 Å². The van der Waals surface area contributed by atoms with Crippen molar-refractivity contribution in [2.24, 2.45) is 11.7 Å². The Morgan fingerprint density at radius 2 is 1.82 bits per heavy atom. The third-order valence-electron chi connectivity index (χ3n) is 2.15. The van der Waals surface area contributed by atoms with Crippen LogP contribution in [0.2, 0.25) is 0 Å². The average Bonchev–Trinajstić information content (AvgIpc) is 2.27. The molecule has 0 radical (unpaired) electrons. The summed E-state index contributed by atoms with van der Waals surface area (Å²) >= 11 is 0. The van der Waals surface area contributed by atoms with E-state index in [2.05, 4.69) is 13.8 Å². The SMILES string of the molecule is CC(C)COc1ccc(S(=O)(=O)CCN)cc1. The van der Waals surface area contributed by atoms with E-state index in [1.165, 1.54) is 0 Å². The molecule has 0 aliphatic rings. The topological polar surface area (TPSA) is 69.4 Å². The molecule has 0 bridgehead atoms. The van der Waals surface area contributed by atoms with E-state index < -0.39 is 9.84 Å². The fraction of sp³-hybridized carbons (Fsp3) is 0.500. The highest BCUT2D eigenvalue weighted by molar-refractivity contribution is 7.91. The van der Waals surface area contributed by atoms with Gasteiger partial charge in [0.2, 0.25) is 0 Å². The van der Waals surface area contributed by atoms with Crippen molar-refractivity contribution in [1.29, 1.82) is 0 Å². The molecule has 0 fully saturated rings. The molecule has 0 aliphatic carbocycles. The number of hydrogen-bond acceptors (Lipinski definition) is 4. The van der Waals surface area contributed by atoms with Gasteiger partial charge in [0.15, 0.2) is 9.84 Å². The van der Waals surface area contributed by atoms with Gasteiger partial charge in [-0.1, -0.05) is 13.8 Å². The van der Waals surface area contributed by atoms with Gasteiger partial charge in [0.1, 0.15) is 5.75 Å². The molecule has 0 aromatic heterocycles. The first-order chi connectivity index (χ1) is 7.95. The fourth-order valence-corrected chi connectivity index (χ4v) is 2.38. The van der Waals surface area contributed by atoms with E-state index in [0.29, 0.717) is 23.2 Å². The van der Waals surface area contributed by atoms with E-state index in [4.69, 9.17) is 10.5 Å². The second-order valence-corrected chi connectivity index (χ2v) is 6.39. The zero-order valence-corrected chi connectivity index (χ0v) is 11.0. The van der Waals surface area contributed by atoms with Gasteiger partial charge in [0.05, 0.1) is 17.3 Å². The minimum absolute atomic E-state index is 0.0286. The van der Waals surface area contributed by atoms with Crippen molar-refractivity contribution < 1.29 is 13.2 Å². The Morgan fingerprint density at radius 1 is 1.24 bits per heavy atom. The monoisotopic (exact) mass is 257 g/mol. The van der Waals surface area contributed by atoms with Gasteiger partial charge in [-0.05, 0) is 30.2 Å². The van der Waals surface area contributed by atoms with Crippen molar-refractivity contribution in [2.45, 2.75) is 18.7 Å². The smallest absolute Gasteiger partial charge is 0.179 e. The number of nitrogens with two attached hydrogens (primary N) is 1. The first-order valence-electron chi connectivity index (χ1n) is 5.61. The van der Waals surface area contributed by atoms with Crippen LogP contribution in [0.15, 0.2) is 29.2 Å².